The zero-order valence-corrected chi connectivity index (χ0v) is 11.2. The molecule has 0 radical (unpaired) electrons. The van der Waals surface area contributed by atoms with Crippen LogP contribution in [0.15, 0.2) is 18.3 Å². The van der Waals surface area contributed by atoms with Gasteiger partial charge in [-0.2, -0.15) is 5.26 Å². The van der Waals surface area contributed by atoms with E-state index in [-0.39, 0.29) is 0 Å². The lowest BCUT2D eigenvalue weighted by Gasteiger charge is -2.28. The maximum Gasteiger partial charge on any atom is 0.101 e. The first-order chi connectivity index (χ1) is 8.83. The fraction of sp³-hybridized carbons (Fsp3) is 0.625. The number of aromatic nitrogens is 1. The largest absolute Gasteiger partial charge is 0.260 e. The number of unbranched alkanes of at least 4 members (excludes halogenated alkanes) is 1. The number of nitriles is 1. The molecule has 0 spiro atoms. The Morgan fingerprint density at radius 2 is 2.06 bits per heavy atom. The van der Waals surface area contributed by atoms with Gasteiger partial charge in [0.2, 0.25) is 0 Å². The van der Waals surface area contributed by atoms with E-state index in [9.17, 15) is 0 Å². The van der Waals surface area contributed by atoms with E-state index < -0.39 is 0 Å². The second-order valence-electron chi connectivity index (χ2n) is 5.44. The molecule has 0 aromatic carbocycles. The van der Waals surface area contributed by atoms with Gasteiger partial charge in [0.1, 0.15) is 6.07 Å². The van der Waals surface area contributed by atoms with Crippen molar-refractivity contribution in [2.24, 2.45) is 5.92 Å². The van der Waals surface area contributed by atoms with Gasteiger partial charge in [-0.15, -0.1) is 0 Å². The number of pyridine rings is 1. The summed E-state index contributed by atoms with van der Waals surface area (Å²) < 4.78 is 0. The molecule has 1 fully saturated rings. The average molecular weight is 242 g/mol. The van der Waals surface area contributed by atoms with Gasteiger partial charge < -0.3 is 0 Å². The lowest BCUT2D eigenvalue weighted by atomic mass is 9.78. The zero-order valence-electron chi connectivity index (χ0n) is 11.2. The van der Waals surface area contributed by atoms with Gasteiger partial charge in [-0.25, -0.2) is 0 Å². The molecule has 1 heterocycles. The molecule has 0 amide bonds. The maximum absolute atomic E-state index is 8.77. The van der Waals surface area contributed by atoms with E-state index in [1.54, 1.807) is 6.20 Å². The van der Waals surface area contributed by atoms with Gasteiger partial charge in [-0.1, -0.05) is 26.2 Å². The molecule has 2 rings (SSSR count). The fourth-order valence-corrected chi connectivity index (χ4v) is 2.95. The summed E-state index contributed by atoms with van der Waals surface area (Å²) in [6, 6.07) is 6.06. The molecule has 2 nitrogen and oxygen atoms in total. The number of hydrogen-bond donors (Lipinski definition) is 0. The fourth-order valence-electron chi connectivity index (χ4n) is 2.95. The quantitative estimate of drug-likeness (QED) is 0.783. The Balaban J connectivity index is 1.87. The van der Waals surface area contributed by atoms with E-state index >= 15 is 0 Å². The molecule has 1 aromatic heterocycles. The third kappa shape index (κ3) is 3.32. The minimum Gasteiger partial charge on any atom is -0.260 e. The van der Waals surface area contributed by atoms with Crippen molar-refractivity contribution in [2.75, 3.05) is 0 Å². The standard InChI is InChI=1S/C16H22N2/c1-2-3-4-13-5-8-15(9-6-13)16-10-7-14(11-17)12-18-16/h7,10,12-13,15H,2-6,8-9H2,1H3. The van der Waals surface area contributed by atoms with Crippen LogP contribution in [0, 0.1) is 17.2 Å². The molecule has 18 heavy (non-hydrogen) atoms. The first-order valence-corrected chi connectivity index (χ1v) is 7.19. The highest BCUT2D eigenvalue weighted by Gasteiger charge is 2.22. The first kappa shape index (κ1) is 13.1. The van der Waals surface area contributed by atoms with Crippen LogP contribution in [0.25, 0.3) is 0 Å². The van der Waals surface area contributed by atoms with Gasteiger partial charge >= 0.3 is 0 Å². The number of rotatable bonds is 4. The van der Waals surface area contributed by atoms with Crippen molar-refractivity contribution in [3.63, 3.8) is 0 Å². The van der Waals surface area contributed by atoms with E-state index in [1.807, 2.05) is 12.1 Å². The Morgan fingerprint density at radius 3 is 2.61 bits per heavy atom. The molecule has 0 aliphatic heterocycles. The first-order valence-electron chi connectivity index (χ1n) is 7.19. The van der Waals surface area contributed by atoms with Crippen LogP contribution >= 0.6 is 0 Å². The molecule has 1 aliphatic rings. The summed E-state index contributed by atoms with van der Waals surface area (Å²) in [6.07, 6.45) is 11.1. The number of nitrogens with zero attached hydrogens (tertiary/aromatic N) is 2. The van der Waals surface area contributed by atoms with Crippen molar-refractivity contribution in [3.8, 4) is 6.07 Å². The zero-order chi connectivity index (χ0) is 12.8. The third-order valence-electron chi connectivity index (χ3n) is 4.15. The molecule has 2 heteroatoms. The summed E-state index contributed by atoms with van der Waals surface area (Å²) >= 11 is 0. The van der Waals surface area contributed by atoms with Crippen LogP contribution in [0.3, 0.4) is 0 Å². The summed E-state index contributed by atoms with van der Waals surface area (Å²) in [4.78, 5) is 4.44. The molecule has 1 saturated carbocycles. The molecule has 1 aromatic rings. The summed E-state index contributed by atoms with van der Waals surface area (Å²) in [6.45, 7) is 2.27. The molecule has 0 unspecified atom stereocenters. The second-order valence-corrected chi connectivity index (χ2v) is 5.44. The molecule has 0 saturated heterocycles. The van der Waals surface area contributed by atoms with Crippen LogP contribution in [0.5, 0.6) is 0 Å². The lowest BCUT2D eigenvalue weighted by molar-refractivity contribution is 0.301. The predicted molar refractivity (Wildman–Crippen MR) is 73.2 cm³/mol. The molecular weight excluding hydrogens is 220 g/mol. The predicted octanol–water partition coefficient (Wildman–Crippen LogP) is 4.42. The van der Waals surface area contributed by atoms with Crippen LogP contribution in [0.2, 0.25) is 0 Å². The molecular formula is C16H22N2. The van der Waals surface area contributed by atoms with Crippen LogP contribution < -0.4 is 0 Å². The Labute approximate surface area is 110 Å². The summed E-state index contributed by atoms with van der Waals surface area (Å²) in [5, 5.41) is 8.77. The van der Waals surface area contributed by atoms with Crippen molar-refractivity contribution in [1.82, 2.24) is 4.98 Å². The highest BCUT2D eigenvalue weighted by Crippen LogP contribution is 2.36. The Bertz CT molecular complexity index is 394. The van der Waals surface area contributed by atoms with E-state index in [0.29, 0.717) is 11.5 Å². The maximum atomic E-state index is 8.77. The molecule has 0 bridgehead atoms. The summed E-state index contributed by atoms with van der Waals surface area (Å²) in [7, 11) is 0. The van der Waals surface area contributed by atoms with Gasteiger partial charge in [0.05, 0.1) is 5.56 Å². The third-order valence-corrected chi connectivity index (χ3v) is 4.15. The van der Waals surface area contributed by atoms with Crippen LogP contribution in [-0.2, 0) is 0 Å². The summed E-state index contributed by atoms with van der Waals surface area (Å²) in [5.74, 6) is 1.57. The van der Waals surface area contributed by atoms with Gasteiger partial charge in [0.25, 0.3) is 0 Å². The topological polar surface area (TPSA) is 36.7 Å². The van der Waals surface area contributed by atoms with Crippen molar-refractivity contribution >= 4 is 0 Å². The van der Waals surface area contributed by atoms with Crippen molar-refractivity contribution in [2.45, 2.75) is 57.8 Å². The lowest BCUT2D eigenvalue weighted by Crippen LogP contribution is -2.14. The normalized spacial score (nSPS) is 23.6. The Hall–Kier alpha value is -1.36. The Kier molecular flexibility index (Phi) is 4.75. The minimum atomic E-state index is 0.621. The smallest absolute Gasteiger partial charge is 0.101 e. The minimum absolute atomic E-state index is 0.621. The van der Waals surface area contributed by atoms with Gasteiger partial charge in [-0.3, -0.25) is 4.98 Å². The van der Waals surface area contributed by atoms with Crippen LogP contribution in [0.1, 0.15) is 69.0 Å². The van der Waals surface area contributed by atoms with Gasteiger partial charge in [-0.05, 0) is 43.7 Å². The van der Waals surface area contributed by atoms with E-state index in [0.717, 1.165) is 5.92 Å². The van der Waals surface area contributed by atoms with Crippen molar-refractivity contribution < 1.29 is 0 Å². The van der Waals surface area contributed by atoms with Gasteiger partial charge in [0.15, 0.2) is 0 Å². The van der Waals surface area contributed by atoms with Crippen LogP contribution in [-0.4, -0.2) is 4.98 Å². The molecule has 0 atom stereocenters. The number of hydrogen-bond acceptors (Lipinski definition) is 2. The van der Waals surface area contributed by atoms with Crippen LogP contribution in [0.4, 0.5) is 0 Å². The molecule has 1 aliphatic carbocycles. The average Bonchev–Trinajstić information content (AvgIpc) is 2.46. The van der Waals surface area contributed by atoms with E-state index in [2.05, 4.69) is 18.0 Å². The van der Waals surface area contributed by atoms with Crippen molar-refractivity contribution in [1.29, 1.82) is 5.26 Å². The van der Waals surface area contributed by atoms with Gasteiger partial charge in [0, 0.05) is 17.8 Å². The summed E-state index contributed by atoms with van der Waals surface area (Å²) in [5.41, 5.74) is 1.85. The molecule has 96 valence electrons. The van der Waals surface area contributed by atoms with E-state index in [4.69, 9.17) is 5.26 Å². The Morgan fingerprint density at radius 1 is 1.28 bits per heavy atom. The highest BCUT2D eigenvalue weighted by atomic mass is 14.7. The SMILES string of the molecule is CCCCC1CCC(c2ccc(C#N)cn2)CC1. The molecule has 0 N–H and O–H groups in total. The van der Waals surface area contributed by atoms with E-state index in [1.165, 1.54) is 50.6 Å². The second kappa shape index (κ2) is 6.54. The highest BCUT2D eigenvalue weighted by molar-refractivity contribution is 5.27. The van der Waals surface area contributed by atoms with Crippen molar-refractivity contribution in [3.05, 3.63) is 29.6 Å². The monoisotopic (exact) mass is 242 g/mol.